The van der Waals surface area contributed by atoms with E-state index in [-0.39, 0.29) is 5.41 Å². The number of hydrogen-bond donors (Lipinski definition) is 1. The number of ether oxygens (including phenoxy) is 1. The SMILES string of the molecule is CC(C)(C)c1ccccc1Oc1ncccc1NC1=NC2CCN(Cc3ccc(C#N)cc3)CC2S1. The van der Waals surface area contributed by atoms with Crippen LogP contribution in [0.3, 0.4) is 0 Å². The van der Waals surface area contributed by atoms with Crippen molar-refractivity contribution in [2.24, 2.45) is 4.99 Å². The molecule has 5 rings (SSSR count). The Morgan fingerprint density at radius 3 is 2.69 bits per heavy atom. The van der Waals surface area contributed by atoms with Crippen molar-refractivity contribution in [1.82, 2.24) is 9.88 Å². The summed E-state index contributed by atoms with van der Waals surface area (Å²) >= 11 is 1.80. The molecule has 2 atom stereocenters. The highest BCUT2D eigenvalue weighted by molar-refractivity contribution is 8.15. The number of nitrogens with one attached hydrogen (secondary N) is 1. The molecule has 184 valence electrons. The summed E-state index contributed by atoms with van der Waals surface area (Å²) in [5.74, 6) is 1.37. The third-order valence-electron chi connectivity index (χ3n) is 6.56. The lowest BCUT2D eigenvalue weighted by atomic mass is 9.86. The summed E-state index contributed by atoms with van der Waals surface area (Å²) in [6.07, 6.45) is 2.79. The Kier molecular flexibility index (Phi) is 6.99. The van der Waals surface area contributed by atoms with Crippen LogP contribution in [-0.2, 0) is 12.0 Å². The molecule has 2 aliphatic rings. The molecule has 3 aromatic rings. The fourth-order valence-corrected chi connectivity index (χ4v) is 5.96. The molecule has 1 fully saturated rings. The number of benzene rings is 2. The summed E-state index contributed by atoms with van der Waals surface area (Å²) in [6.45, 7) is 9.45. The Balaban J connectivity index is 1.24. The number of thioether (sulfide) groups is 1. The molecule has 3 heterocycles. The Morgan fingerprint density at radius 1 is 1.11 bits per heavy atom. The standard InChI is InChI=1S/C29H31N5OS/c1-29(2,3)22-7-4-5-9-25(22)35-27-24(8-6-15-31-27)33-28-32-23-14-16-34(19-26(23)36-28)18-21-12-10-20(17-30)11-13-21/h4-13,15,23,26H,14,16,18-19H2,1-3H3,(H,32,33). The Morgan fingerprint density at radius 2 is 1.92 bits per heavy atom. The minimum absolute atomic E-state index is 0.0380. The number of para-hydroxylation sites is 1. The molecule has 7 heteroatoms. The second-order valence-electron chi connectivity index (χ2n) is 10.3. The van der Waals surface area contributed by atoms with E-state index in [9.17, 15) is 0 Å². The zero-order valence-corrected chi connectivity index (χ0v) is 21.8. The highest BCUT2D eigenvalue weighted by atomic mass is 32.2. The molecule has 0 radical (unpaired) electrons. The van der Waals surface area contributed by atoms with E-state index < -0.39 is 0 Å². The topological polar surface area (TPSA) is 73.5 Å². The van der Waals surface area contributed by atoms with Crippen molar-refractivity contribution >= 4 is 22.6 Å². The Labute approximate surface area is 217 Å². The summed E-state index contributed by atoms with van der Waals surface area (Å²) < 4.78 is 6.33. The van der Waals surface area contributed by atoms with Gasteiger partial charge in [0.25, 0.3) is 0 Å². The number of anilines is 1. The first-order valence-electron chi connectivity index (χ1n) is 12.3. The number of hydrogen-bond acceptors (Lipinski definition) is 7. The summed E-state index contributed by atoms with van der Waals surface area (Å²) in [4.78, 5) is 12.0. The molecule has 0 saturated carbocycles. The van der Waals surface area contributed by atoms with Crippen molar-refractivity contribution in [3.05, 3.63) is 83.6 Å². The average molecular weight is 498 g/mol. The van der Waals surface area contributed by atoms with Crippen LogP contribution in [0.25, 0.3) is 0 Å². The van der Waals surface area contributed by atoms with Crippen LogP contribution in [0, 0.1) is 11.3 Å². The molecule has 1 saturated heterocycles. The lowest BCUT2D eigenvalue weighted by molar-refractivity contribution is 0.214. The maximum absolute atomic E-state index is 9.02. The minimum Gasteiger partial charge on any atom is -0.437 e. The fraction of sp³-hybridized carbons (Fsp3) is 0.345. The number of aromatic nitrogens is 1. The maximum atomic E-state index is 9.02. The molecular formula is C29H31N5OS. The highest BCUT2D eigenvalue weighted by Crippen LogP contribution is 2.38. The van der Waals surface area contributed by atoms with Crippen LogP contribution in [-0.4, -0.2) is 39.4 Å². The van der Waals surface area contributed by atoms with Gasteiger partial charge in [-0.25, -0.2) is 4.98 Å². The van der Waals surface area contributed by atoms with Gasteiger partial charge in [-0.3, -0.25) is 9.89 Å². The molecule has 36 heavy (non-hydrogen) atoms. The summed E-state index contributed by atoms with van der Waals surface area (Å²) in [5.41, 5.74) is 3.86. The molecule has 2 unspecified atom stereocenters. The zero-order chi connectivity index (χ0) is 25.1. The van der Waals surface area contributed by atoms with Crippen LogP contribution in [0.1, 0.15) is 43.9 Å². The molecule has 0 spiro atoms. The quantitative estimate of drug-likeness (QED) is 0.452. The number of nitrogens with zero attached hydrogens (tertiary/aromatic N) is 4. The van der Waals surface area contributed by atoms with Gasteiger partial charge in [-0.2, -0.15) is 5.26 Å². The van der Waals surface area contributed by atoms with Gasteiger partial charge in [0.2, 0.25) is 5.88 Å². The average Bonchev–Trinajstić information content (AvgIpc) is 3.27. The minimum atomic E-state index is -0.0380. The molecule has 6 nitrogen and oxygen atoms in total. The lowest BCUT2D eigenvalue weighted by Gasteiger charge is -2.33. The number of fused-ring (bicyclic) bond motifs is 1. The van der Waals surface area contributed by atoms with Gasteiger partial charge < -0.3 is 10.1 Å². The molecule has 1 N–H and O–H groups in total. The van der Waals surface area contributed by atoms with Crippen molar-refractivity contribution in [2.45, 2.75) is 50.4 Å². The van der Waals surface area contributed by atoms with Gasteiger partial charge in [0, 0.05) is 36.6 Å². The van der Waals surface area contributed by atoms with Gasteiger partial charge in [-0.1, -0.05) is 62.9 Å². The number of pyridine rings is 1. The number of piperidine rings is 1. The first-order chi connectivity index (χ1) is 17.4. The van der Waals surface area contributed by atoms with Crippen molar-refractivity contribution in [2.75, 3.05) is 18.4 Å². The predicted molar refractivity (Wildman–Crippen MR) is 147 cm³/mol. The van der Waals surface area contributed by atoms with E-state index in [1.54, 1.807) is 18.0 Å². The van der Waals surface area contributed by atoms with E-state index in [0.29, 0.717) is 22.7 Å². The van der Waals surface area contributed by atoms with Crippen molar-refractivity contribution in [1.29, 1.82) is 5.26 Å². The van der Waals surface area contributed by atoms with Gasteiger partial charge >= 0.3 is 0 Å². The molecular weight excluding hydrogens is 466 g/mol. The molecule has 1 aromatic heterocycles. The van der Waals surface area contributed by atoms with E-state index >= 15 is 0 Å². The first kappa shape index (κ1) is 24.4. The van der Waals surface area contributed by atoms with E-state index in [1.165, 1.54) is 5.56 Å². The zero-order valence-electron chi connectivity index (χ0n) is 20.9. The fourth-order valence-electron chi connectivity index (χ4n) is 4.67. The third kappa shape index (κ3) is 5.56. The van der Waals surface area contributed by atoms with Crippen molar-refractivity contribution < 1.29 is 4.74 Å². The number of nitriles is 1. The van der Waals surface area contributed by atoms with E-state index in [4.69, 9.17) is 15.0 Å². The van der Waals surface area contributed by atoms with Gasteiger partial charge in [-0.05, 0) is 47.7 Å². The van der Waals surface area contributed by atoms with E-state index in [1.807, 2.05) is 42.5 Å². The van der Waals surface area contributed by atoms with E-state index in [2.05, 4.69) is 60.2 Å². The first-order valence-corrected chi connectivity index (χ1v) is 13.2. The summed E-state index contributed by atoms with van der Waals surface area (Å²) in [6, 6.07) is 22.4. The Bertz CT molecular complexity index is 1290. The lowest BCUT2D eigenvalue weighted by Crippen LogP contribution is -2.42. The molecule has 0 aliphatic carbocycles. The van der Waals surface area contributed by atoms with E-state index in [0.717, 1.165) is 48.2 Å². The molecule has 0 bridgehead atoms. The van der Waals surface area contributed by atoms with Crippen LogP contribution in [0.4, 0.5) is 5.69 Å². The van der Waals surface area contributed by atoms with Crippen molar-refractivity contribution in [3.8, 4) is 17.7 Å². The number of amidine groups is 1. The Hall–Kier alpha value is -3.34. The monoisotopic (exact) mass is 497 g/mol. The summed E-state index contributed by atoms with van der Waals surface area (Å²) in [7, 11) is 0. The third-order valence-corrected chi connectivity index (χ3v) is 7.75. The number of rotatable bonds is 5. The van der Waals surface area contributed by atoms with Gasteiger partial charge in [0.1, 0.15) is 11.4 Å². The molecule has 0 amide bonds. The highest BCUT2D eigenvalue weighted by Gasteiger charge is 2.35. The molecule has 2 aromatic carbocycles. The second kappa shape index (κ2) is 10.3. The van der Waals surface area contributed by atoms with Gasteiger partial charge in [0.05, 0.1) is 17.7 Å². The van der Waals surface area contributed by atoms with Gasteiger partial charge in [0.15, 0.2) is 5.17 Å². The largest absolute Gasteiger partial charge is 0.437 e. The van der Waals surface area contributed by atoms with Gasteiger partial charge in [-0.15, -0.1) is 0 Å². The van der Waals surface area contributed by atoms with Crippen LogP contribution in [0.5, 0.6) is 11.6 Å². The van der Waals surface area contributed by atoms with Crippen LogP contribution < -0.4 is 10.1 Å². The number of likely N-dealkylation sites (tertiary alicyclic amines) is 1. The predicted octanol–water partition coefficient (Wildman–Crippen LogP) is 6.20. The number of aliphatic imine (C=N–C) groups is 1. The summed E-state index contributed by atoms with van der Waals surface area (Å²) in [5, 5.41) is 13.9. The van der Waals surface area contributed by atoms with Crippen molar-refractivity contribution in [3.63, 3.8) is 0 Å². The normalized spacial score (nSPS) is 19.8. The second-order valence-corrected chi connectivity index (χ2v) is 11.5. The maximum Gasteiger partial charge on any atom is 0.243 e. The van der Waals surface area contributed by atoms with Crippen LogP contribution >= 0.6 is 11.8 Å². The van der Waals surface area contributed by atoms with Crippen LogP contribution in [0.2, 0.25) is 0 Å². The van der Waals surface area contributed by atoms with Crippen LogP contribution in [0.15, 0.2) is 71.9 Å². The molecule has 2 aliphatic heterocycles. The smallest absolute Gasteiger partial charge is 0.243 e.